The number of amides is 1. The zero-order valence-corrected chi connectivity index (χ0v) is 19.0. The van der Waals surface area contributed by atoms with Crippen LogP contribution in [0.3, 0.4) is 0 Å². The highest BCUT2D eigenvalue weighted by Crippen LogP contribution is 2.24. The standard InChI is InChI=1S/C24H28N2O5S/c1-17(2)23(26-32(29,30)14-13-18-7-4-3-5-8-18)24(28)31-16-22(27)25-21-12-11-19-9-6-10-20(19)15-21/h3-5,7-8,11-15,17,23,26H,6,9-10,16H2,1-2H3,(H,25,27). The molecule has 3 rings (SSSR count). The zero-order valence-electron chi connectivity index (χ0n) is 18.2. The molecule has 1 amide bonds. The number of fused-ring (bicyclic) bond motifs is 1. The highest BCUT2D eigenvalue weighted by Gasteiger charge is 2.28. The molecule has 2 N–H and O–H groups in total. The lowest BCUT2D eigenvalue weighted by Gasteiger charge is -2.19. The third kappa shape index (κ3) is 6.77. The summed E-state index contributed by atoms with van der Waals surface area (Å²) in [5, 5.41) is 3.72. The summed E-state index contributed by atoms with van der Waals surface area (Å²) in [5.74, 6) is -1.66. The molecule has 2 aromatic carbocycles. The first-order chi connectivity index (χ1) is 15.2. The summed E-state index contributed by atoms with van der Waals surface area (Å²) < 4.78 is 32.3. The van der Waals surface area contributed by atoms with E-state index in [-0.39, 0.29) is 5.92 Å². The molecule has 170 valence electrons. The van der Waals surface area contributed by atoms with Crippen molar-refractivity contribution in [3.05, 3.63) is 70.6 Å². The number of sulfonamides is 1. The van der Waals surface area contributed by atoms with Gasteiger partial charge < -0.3 is 10.1 Å². The number of anilines is 1. The minimum Gasteiger partial charge on any atom is -0.454 e. The first kappa shape index (κ1) is 23.7. The number of benzene rings is 2. The number of aryl methyl sites for hydroxylation is 2. The van der Waals surface area contributed by atoms with Gasteiger partial charge in [0.2, 0.25) is 10.0 Å². The maximum absolute atomic E-state index is 12.5. The highest BCUT2D eigenvalue weighted by molar-refractivity contribution is 7.92. The van der Waals surface area contributed by atoms with Crippen LogP contribution in [0.2, 0.25) is 0 Å². The van der Waals surface area contributed by atoms with E-state index in [9.17, 15) is 18.0 Å². The van der Waals surface area contributed by atoms with Crippen molar-refractivity contribution in [1.82, 2.24) is 4.72 Å². The van der Waals surface area contributed by atoms with Crippen molar-refractivity contribution in [2.45, 2.75) is 39.2 Å². The Morgan fingerprint density at radius 3 is 2.50 bits per heavy atom. The maximum atomic E-state index is 12.5. The van der Waals surface area contributed by atoms with E-state index < -0.39 is 34.5 Å². The molecule has 8 heteroatoms. The molecule has 0 saturated carbocycles. The lowest BCUT2D eigenvalue weighted by Crippen LogP contribution is -2.45. The van der Waals surface area contributed by atoms with Crippen molar-refractivity contribution < 1.29 is 22.7 Å². The van der Waals surface area contributed by atoms with Crippen molar-refractivity contribution in [3.63, 3.8) is 0 Å². The average molecular weight is 457 g/mol. The van der Waals surface area contributed by atoms with E-state index in [0.717, 1.165) is 24.7 Å². The van der Waals surface area contributed by atoms with E-state index in [1.54, 1.807) is 38.1 Å². The van der Waals surface area contributed by atoms with Crippen LogP contribution in [-0.2, 0) is 37.2 Å². The number of hydrogen-bond donors (Lipinski definition) is 2. The average Bonchev–Trinajstić information content (AvgIpc) is 3.23. The van der Waals surface area contributed by atoms with Gasteiger partial charge in [-0.15, -0.1) is 0 Å². The number of nitrogens with one attached hydrogen (secondary N) is 2. The highest BCUT2D eigenvalue weighted by atomic mass is 32.2. The van der Waals surface area contributed by atoms with E-state index >= 15 is 0 Å². The van der Waals surface area contributed by atoms with Crippen molar-refractivity contribution in [2.24, 2.45) is 5.92 Å². The molecule has 1 aliphatic rings. The van der Waals surface area contributed by atoms with Crippen LogP contribution in [0.25, 0.3) is 6.08 Å². The quantitative estimate of drug-likeness (QED) is 0.564. The van der Waals surface area contributed by atoms with Gasteiger partial charge in [-0.05, 0) is 60.1 Å². The Balaban J connectivity index is 1.55. The van der Waals surface area contributed by atoms with Gasteiger partial charge >= 0.3 is 5.97 Å². The summed E-state index contributed by atoms with van der Waals surface area (Å²) >= 11 is 0. The number of esters is 1. The normalized spacial score (nSPS) is 14.3. The van der Waals surface area contributed by atoms with Crippen LogP contribution in [0, 0.1) is 5.92 Å². The van der Waals surface area contributed by atoms with Gasteiger partial charge in [-0.3, -0.25) is 9.59 Å². The summed E-state index contributed by atoms with van der Waals surface area (Å²) in [6, 6.07) is 13.6. The maximum Gasteiger partial charge on any atom is 0.324 e. The summed E-state index contributed by atoms with van der Waals surface area (Å²) in [5.41, 5.74) is 3.88. The molecule has 1 unspecified atom stereocenters. The van der Waals surface area contributed by atoms with Gasteiger partial charge in [-0.25, -0.2) is 8.42 Å². The monoisotopic (exact) mass is 456 g/mol. The Hall–Kier alpha value is -2.97. The number of ether oxygens (including phenoxy) is 1. The first-order valence-electron chi connectivity index (χ1n) is 10.6. The fourth-order valence-electron chi connectivity index (χ4n) is 3.48. The summed E-state index contributed by atoms with van der Waals surface area (Å²) in [6.07, 6.45) is 4.59. The van der Waals surface area contributed by atoms with Gasteiger partial charge in [-0.2, -0.15) is 4.72 Å². The van der Waals surface area contributed by atoms with Crippen molar-refractivity contribution >= 4 is 33.7 Å². The summed E-state index contributed by atoms with van der Waals surface area (Å²) in [6.45, 7) is 2.89. The van der Waals surface area contributed by atoms with Crippen LogP contribution in [0.15, 0.2) is 53.9 Å². The fourth-order valence-corrected chi connectivity index (χ4v) is 4.62. The Kier molecular flexibility index (Phi) is 7.82. The fraction of sp³-hybridized carbons (Fsp3) is 0.333. The second-order valence-corrected chi connectivity index (χ2v) is 9.69. The van der Waals surface area contributed by atoms with Crippen LogP contribution in [0.4, 0.5) is 5.69 Å². The van der Waals surface area contributed by atoms with E-state index in [4.69, 9.17) is 4.74 Å². The van der Waals surface area contributed by atoms with Gasteiger partial charge in [0.05, 0.1) is 0 Å². The van der Waals surface area contributed by atoms with E-state index in [1.165, 1.54) is 17.2 Å². The number of hydrogen-bond acceptors (Lipinski definition) is 5. The lowest BCUT2D eigenvalue weighted by molar-refractivity contribution is -0.150. The van der Waals surface area contributed by atoms with Crippen LogP contribution < -0.4 is 10.0 Å². The largest absolute Gasteiger partial charge is 0.454 e. The number of rotatable bonds is 9. The molecule has 2 aromatic rings. The van der Waals surface area contributed by atoms with Crippen molar-refractivity contribution in [2.75, 3.05) is 11.9 Å². The molecule has 1 aliphatic carbocycles. The Labute approximate surface area is 188 Å². The van der Waals surface area contributed by atoms with Gasteiger partial charge in [-0.1, -0.05) is 50.2 Å². The smallest absolute Gasteiger partial charge is 0.324 e. The number of carbonyl (C=O) groups excluding carboxylic acids is 2. The SMILES string of the molecule is CC(C)C(NS(=O)(=O)C=Cc1ccccc1)C(=O)OCC(=O)Nc1ccc2c(c1)CCC2. The van der Waals surface area contributed by atoms with Crippen LogP contribution in [-0.4, -0.2) is 32.9 Å². The van der Waals surface area contributed by atoms with Crippen LogP contribution >= 0.6 is 0 Å². The molecule has 7 nitrogen and oxygen atoms in total. The molecular formula is C24H28N2O5S. The van der Waals surface area contributed by atoms with Gasteiger partial charge in [0, 0.05) is 11.1 Å². The minimum atomic E-state index is -3.89. The number of carbonyl (C=O) groups is 2. The second-order valence-electron chi connectivity index (χ2n) is 8.09. The first-order valence-corrected chi connectivity index (χ1v) is 12.1. The van der Waals surface area contributed by atoms with Gasteiger partial charge in [0.15, 0.2) is 6.61 Å². The topological polar surface area (TPSA) is 102 Å². The molecule has 1 atom stereocenters. The molecule has 0 radical (unpaired) electrons. The molecule has 0 aromatic heterocycles. The minimum absolute atomic E-state index is 0.373. The van der Waals surface area contributed by atoms with E-state index in [0.29, 0.717) is 11.3 Å². The van der Waals surface area contributed by atoms with E-state index in [2.05, 4.69) is 10.0 Å². The Morgan fingerprint density at radius 1 is 1.06 bits per heavy atom. The van der Waals surface area contributed by atoms with Crippen LogP contribution in [0.1, 0.15) is 37.0 Å². The summed E-state index contributed by atoms with van der Waals surface area (Å²) in [4.78, 5) is 24.7. The van der Waals surface area contributed by atoms with Gasteiger partial charge in [0.25, 0.3) is 5.91 Å². The summed E-state index contributed by atoms with van der Waals surface area (Å²) in [7, 11) is -3.89. The third-order valence-electron chi connectivity index (χ3n) is 5.18. The lowest BCUT2D eigenvalue weighted by atomic mass is 10.1. The molecular weight excluding hydrogens is 428 g/mol. The van der Waals surface area contributed by atoms with E-state index in [1.807, 2.05) is 24.3 Å². The Morgan fingerprint density at radius 2 is 1.78 bits per heavy atom. The molecule has 0 fully saturated rings. The van der Waals surface area contributed by atoms with Crippen LogP contribution in [0.5, 0.6) is 0 Å². The predicted molar refractivity (Wildman–Crippen MR) is 124 cm³/mol. The molecule has 0 saturated heterocycles. The molecule has 0 aliphatic heterocycles. The predicted octanol–water partition coefficient (Wildman–Crippen LogP) is 3.27. The van der Waals surface area contributed by atoms with Crippen molar-refractivity contribution in [3.8, 4) is 0 Å². The molecule has 32 heavy (non-hydrogen) atoms. The Bertz CT molecular complexity index is 1090. The molecule has 0 bridgehead atoms. The van der Waals surface area contributed by atoms with Crippen molar-refractivity contribution in [1.29, 1.82) is 0 Å². The molecule has 0 heterocycles. The van der Waals surface area contributed by atoms with Gasteiger partial charge in [0.1, 0.15) is 6.04 Å². The second kappa shape index (κ2) is 10.6. The zero-order chi connectivity index (χ0) is 23.1. The molecule has 0 spiro atoms. The third-order valence-corrected chi connectivity index (χ3v) is 6.26.